The van der Waals surface area contributed by atoms with Crippen molar-refractivity contribution >= 4 is 5.69 Å². The molecule has 4 aromatic rings. The molecule has 1 aliphatic rings. The van der Waals surface area contributed by atoms with Crippen LogP contribution in [0.2, 0.25) is 0 Å². The fourth-order valence-electron chi connectivity index (χ4n) is 4.75. The van der Waals surface area contributed by atoms with E-state index in [1.165, 1.54) is 6.07 Å². The number of methoxy groups -OCH3 is 2. The minimum atomic E-state index is -0.216. The monoisotopic (exact) mass is 488 g/mol. The Kier molecular flexibility index (Phi) is 7.08. The third-order valence-corrected chi connectivity index (χ3v) is 6.58. The lowest BCUT2D eigenvalue weighted by Gasteiger charge is -2.40. The van der Waals surface area contributed by atoms with Gasteiger partial charge in [-0.15, -0.1) is 5.10 Å². The number of hydrogen-bond donors (Lipinski definition) is 0. The van der Waals surface area contributed by atoms with E-state index in [0.29, 0.717) is 49.9 Å². The van der Waals surface area contributed by atoms with E-state index >= 15 is 0 Å². The third-order valence-electron chi connectivity index (χ3n) is 6.58. The number of nitrogens with zero attached hydrogens (tertiary/aromatic N) is 6. The van der Waals surface area contributed by atoms with Crippen molar-refractivity contribution in [2.45, 2.75) is 12.6 Å². The second-order valence-electron chi connectivity index (χ2n) is 8.67. The maximum absolute atomic E-state index is 14.4. The molecular formula is C27H29FN6O2. The van der Waals surface area contributed by atoms with Crippen molar-refractivity contribution in [3.05, 3.63) is 95.6 Å². The summed E-state index contributed by atoms with van der Waals surface area (Å²) in [7, 11) is 3.25. The quantitative estimate of drug-likeness (QED) is 0.374. The van der Waals surface area contributed by atoms with Gasteiger partial charge in [0.15, 0.2) is 17.3 Å². The summed E-state index contributed by atoms with van der Waals surface area (Å²) < 4.78 is 27.3. The number of aromatic nitrogens is 4. The Morgan fingerprint density at radius 1 is 0.861 bits per heavy atom. The number of para-hydroxylation sites is 1. The number of tetrazole rings is 1. The Morgan fingerprint density at radius 2 is 1.58 bits per heavy atom. The number of hydrogen-bond acceptors (Lipinski definition) is 7. The van der Waals surface area contributed by atoms with E-state index in [1.807, 2.05) is 53.2 Å². The van der Waals surface area contributed by atoms with E-state index in [0.717, 1.165) is 17.0 Å². The number of rotatable bonds is 8. The Morgan fingerprint density at radius 3 is 2.31 bits per heavy atom. The average Bonchev–Trinajstić information content (AvgIpc) is 3.37. The van der Waals surface area contributed by atoms with Crippen LogP contribution in [0.5, 0.6) is 11.5 Å². The van der Waals surface area contributed by atoms with Crippen molar-refractivity contribution in [2.75, 3.05) is 45.3 Å². The van der Waals surface area contributed by atoms with Gasteiger partial charge in [-0.1, -0.05) is 48.5 Å². The standard InChI is InChI=1S/C27H29FN6O2/c1-35-24-13-12-21(18-25(24)36-2)26(27-29-30-31-34(27)19-20-8-4-3-5-9-20)33-16-14-32(15-17-33)23-11-7-6-10-22(23)28/h3-13,18,26H,14-17,19H2,1-2H3. The van der Waals surface area contributed by atoms with Gasteiger partial charge in [-0.05, 0) is 45.8 Å². The van der Waals surface area contributed by atoms with Crippen LogP contribution in [-0.2, 0) is 6.54 Å². The Labute approximate surface area is 209 Å². The molecule has 186 valence electrons. The van der Waals surface area contributed by atoms with Gasteiger partial charge < -0.3 is 14.4 Å². The zero-order valence-electron chi connectivity index (χ0n) is 20.4. The van der Waals surface area contributed by atoms with Crippen LogP contribution in [0.1, 0.15) is 23.0 Å². The van der Waals surface area contributed by atoms with Crippen LogP contribution < -0.4 is 14.4 Å². The summed E-state index contributed by atoms with van der Waals surface area (Å²) >= 11 is 0. The molecule has 0 radical (unpaired) electrons. The van der Waals surface area contributed by atoms with E-state index in [1.54, 1.807) is 20.3 Å². The summed E-state index contributed by atoms with van der Waals surface area (Å²) in [6, 6.07) is 22.7. The van der Waals surface area contributed by atoms with Gasteiger partial charge in [0, 0.05) is 26.2 Å². The zero-order valence-corrected chi connectivity index (χ0v) is 20.4. The number of benzene rings is 3. The molecule has 9 heteroatoms. The number of anilines is 1. The summed E-state index contributed by atoms with van der Waals surface area (Å²) in [6.07, 6.45) is 0. The summed E-state index contributed by atoms with van der Waals surface area (Å²) in [6.45, 7) is 3.36. The van der Waals surface area contributed by atoms with Crippen LogP contribution in [0.15, 0.2) is 72.8 Å². The van der Waals surface area contributed by atoms with Crippen molar-refractivity contribution in [1.82, 2.24) is 25.1 Å². The highest BCUT2D eigenvalue weighted by Crippen LogP contribution is 2.35. The van der Waals surface area contributed by atoms with Gasteiger partial charge in [0.25, 0.3) is 0 Å². The Balaban J connectivity index is 1.48. The van der Waals surface area contributed by atoms with Crippen molar-refractivity contribution in [2.24, 2.45) is 0 Å². The molecule has 1 atom stereocenters. The highest BCUT2D eigenvalue weighted by Gasteiger charge is 2.32. The first-order chi connectivity index (χ1) is 17.7. The molecule has 0 amide bonds. The second kappa shape index (κ2) is 10.7. The van der Waals surface area contributed by atoms with Crippen LogP contribution >= 0.6 is 0 Å². The van der Waals surface area contributed by atoms with E-state index < -0.39 is 0 Å². The highest BCUT2D eigenvalue weighted by atomic mass is 19.1. The van der Waals surface area contributed by atoms with Gasteiger partial charge in [-0.3, -0.25) is 4.90 Å². The maximum atomic E-state index is 14.4. The van der Waals surface area contributed by atoms with Crippen molar-refractivity contribution in [3.8, 4) is 11.5 Å². The number of halogens is 1. The van der Waals surface area contributed by atoms with Gasteiger partial charge in [0.05, 0.1) is 32.5 Å². The van der Waals surface area contributed by atoms with Crippen LogP contribution in [-0.4, -0.2) is 65.5 Å². The van der Waals surface area contributed by atoms with Gasteiger partial charge in [0.1, 0.15) is 5.82 Å². The molecular weight excluding hydrogens is 459 g/mol. The van der Waals surface area contributed by atoms with Crippen LogP contribution in [0.4, 0.5) is 10.1 Å². The fraction of sp³-hybridized carbons (Fsp3) is 0.296. The van der Waals surface area contributed by atoms with Crippen LogP contribution in [0, 0.1) is 5.82 Å². The molecule has 0 spiro atoms. The second-order valence-corrected chi connectivity index (χ2v) is 8.67. The first kappa shape index (κ1) is 23.7. The lowest BCUT2D eigenvalue weighted by molar-refractivity contribution is 0.200. The van der Waals surface area contributed by atoms with E-state index in [9.17, 15) is 4.39 Å². The van der Waals surface area contributed by atoms with Crippen molar-refractivity contribution in [1.29, 1.82) is 0 Å². The summed E-state index contributed by atoms with van der Waals surface area (Å²) in [5.41, 5.74) is 2.74. The predicted molar refractivity (Wildman–Crippen MR) is 135 cm³/mol. The number of ether oxygens (including phenoxy) is 2. The molecule has 1 aromatic heterocycles. The molecule has 1 aliphatic heterocycles. The molecule has 0 aliphatic carbocycles. The number of piperazine rings is 1. The molecule has 36 heavy (non-hydrogen) atoms. The van der Waals surface area contributed by atoms with Gasteiger partial charge >= 0.3 is 0 Å². The lowest BCUT2D eigenvalue weighted by Crippen LogP contribution is -2.48. The van der Waals surface area contributed by atoms with E-state index in [-0.39, 0.29) is 11.9 Å². The first-order valence-electron chi connectivity index (χ1n) is 11.9. The highest BCUT2D eigenvalue weighted by molar-refractivity contribution is 5.48. The average molecular weight is 489 g/mol. The normalized spacial score (nSPS) is 15.0. The van der Waals surface area contributed by atoms with E-state index in [4.69, 9.17) is 9.47 Å². The molecule has 1 saturated heterocycles. The zero-order chi connectivity index (χ0) is 24.9. The first-order valence-corrected chi connectivity index (χ1v) is 11.9. The Bertz CT molecular complexity index is 1290. The minimum Gasteiger partial charge on any atom is -0.493 e. The van der Waals surface area contributed by atoms with E-state index in [2.05, 4.69) is 37.5 Å². The third kappa shape index (κ3) is 4.87. The molecule has 1 unspecified atom stereocenters. The molecule has 8 nitrogen and oxygen atoms in total. The van der Waals surface area contributed by atoms with Gasteiger partial charge in [-0.2, -0.15) is 0 Å². The topological polar surface area (TPSA) is 68.5 Å². The van der Waals surface area contributed by atoms with Gasteiger partial charge in [0.2, 0.25) is 0 Å². The minimum absolute atomic E-state index is 0.200. The Hall–Kier alpha value is -3.98. The summed E-state index contributed by atoms with van der Waals surface area (Å²) in [5, 5.41) is 12.8. The largest absolute Gasteiger partial charge is 0.493 e. The molecule has 2 heterocycles. The van der Waals surface area contributed by atoms with Crippen molar-refractivity contribution < 1.29 is 13.9 Å². The van der Waals surface area contributed by atoms with Crippen LogP contribution in [0.25, 0.3) is 0 Å². The predicted octanol–water partition coefficient (Wildman–Crippen LogP) is 3.79. The molecule has 0 saturated carbocycles. The molecule has 1 fully saturated rings. The SMILES string of the molecule is COc1ccc(C(c2nnnn2Cc2ccccc2)N2CCN(c3ccccc3F)CC2)cc1OC. The maximum Gasteiger partial charge on any atom is 0.173 e. The van der Waals surface area contributed by atoms with Gasteiger partial charge in [-0.25, -0.2) is 9.07 Å². The molecule has 3 aromatic carbocycles. The fourth-order valence-corrected chi connectivity index (χ4v) is 4.75. The molecule has 0 bridgehead atoms. The summed E-state index contributed by atoms with van der Waals surface area (Å²) in [4.78, 5) is 4.43. The summed E-state index contributed by atoms with van der Waals surface area (Å²) in [5.74, 6) is 1.85. The van der Waals surface area contributed by atoms with Crippen LogP contribution in [0.3, 0.4) is 0 Å². The smallest absolute Gasteiger partial charge is 0.173 e. The lowest BCUT2D eigenvalue weighted by atomic mass is 10.0. The molecule has 0 N–H and O–H groups in total. The van der Waals surface area contributed by atoms with Crippen molar-refractivity contribution in [3.63, 3.8) is 0 Å². The molecule has 5 rings (SSSR count).